The molecular formula is C18H26O2. The summed E-state index contributed by atoms with van der Waals surface area (Å²) in [6.07, 6.45) is 5.89. The van der Waals surface area contributed by atoms with E-state index in [2.05, 4.69) is 45.9 Å². The van der Waals surface area contributed by atoms with Crippen molar-refractivity contribution in [3.05, 3.63) is 46.1 Å². The molecule has 0 aliphatic heterocycles. The van der Waals surface area contributed by atoms with Gasteiger partial charge in [0.25, 0.3) is 0 Å². The molecule has 0 bridgehead atoms. The van der Waals surface area contributed by atoms with Crippen molar-refractivity contribution in [2.75, 3.05) is 7.11 Å². The van der Waals surface area contributed by atoms with Crippen LogP contribution in [-0.2, 0) is 12.8 Å². The van der Waals surface area contributed by atoms with Crippen molar-refractivity contribution >= 4 is 0 Å². The van der Waals surface area contributed by atoms with E-state index in [1.807, 2.05) is 6.92 Å². The van der Waals surface area contributed by atoms with E-state index < -0.39 is 0 Å². The molecule has 0 aromatic heterocycles. The third-order valence-electron chi connectivity index (χ3n) is 3.30. The standard InChI is InChI=1S/C18H26O2/c1-12(2)7-9-15-11-16(10-8-13(3)4)18(20-6)14(5)17(15)19/h7-8,11,19H,9-10H2,1-6H3. The molecule has 0 heterocycles. The Morgan fingerprint density at radius 1 is 1.05 bits per heavy atom. The van der Waals surface area contributed by atoms with Gasteiger partial charge in [0.1, 0.15) is 11.5 Å². The normalized spacial score (nSPS) is 10.1. The molecule has 0 saturated carbocycles. The van der Waals surface area contributed by atoms with E-state index >= 15 is 0 Å². The minimum absolute atomic E-state index is 0.348. The second kappa shape index (κ2) is 7.18. The third kappa shape index (κ3) is 4.16. The number of phenols is 1. The van der Waals surface area contributed by atoms with Crippen molar-refractivity contribution in [1.29, 1.82) is 0 Å². The number of phenolic OH excluding ortho intramolecular Hbond substituents is 1. The minimum atomic E-state index is 0.348. The molecule has 1 aromatic rings. The van der Waals surface area contributed by atoms with Crippen LogP contribution in [0.4, 0.5) is 0 Å². The third-order valence-corrected chi connectivity index (χ3v) is 3.30. The average molecular weight is 274 g/mol. The molecule has 2 nitrogen and oxygen atoms in total. The maximum Gasteiger partial charge on any atom is 0.128 e. The van der Waals surface area contributed by atoms with Crippen LogP contribution in [-0.4, -0.2) is 12.2 Å². The van der Waals surface area contributed by atoms with Crippen LogP contribution in [0.15, 0.2) is 29.4 Å². The van der Waals surface area contributed by atoms with Gasteiger partial charge in [-0.2, -0.15) is 0 Å². The lowest BCUT2D eigenvalue weighted by atomic mass is 9.98. The van der Waals surface area contributed by atoms with Crippen LogP contribution in [0.3, 0.4) is 0 Å². The summed E-state index contributed by atoms with van der Waals surface area (Å²) in [5.74, 6) is 1.14. The Labute approximate surface area is 122 Å². The van der Waals surface area contributed by atoms with E-state index in [-0.39, 0.29) is 0 Å². The highest BCUT2D eigenvalue weighted by Gasteiger charge is 2.14. The number of allylic oxidation sites excluding steroid dienone is 4. The van der Waals surface area contributed by atoms with Crippen LogP contribution in [0.1, 0.15) is 44.4 Å². The van der Waals surface area contributed by atoms with E-state index in [4.69, 9.17) is 4.74 Å². The van der Waals surface area contributed by atoms with Crippen LogP contribution in [0, 0.1) is 6.92 Å². The fourth-order valence-corrected chi connectivity index (χ4v) is 2.15. The number of hydrogen-bond acceptors (Lipinski definition) is 2. The first-order valence-electron chi connectivity index (χ1n) is 7.01. The second-order valence-corrected chi connectivity index (χ2v) is 5.67. The topological polar surface area (TPSA) is 29.5 Å². The molecular weight excluding hydrogens is 248 g/mol. The molecule has 110 valence electrons. The molecule has 1 rings (SSSR count). The molecule has 2 heteroatoms. The Bertz CT molecular complexity index is 529. The Hall–Kier alpha value is -1.70. The molecule has 0 unspecified atom stereocenters. The lowest BCUT2D eigenvalue weighted by Crippen LogP contribution is -1.98. The average Bonchev–Trinajstić information content (AvgIpc) is 2.38. The molecule has 0 fully saturated rings. The first kappa shape index (κ1) is 16.4. The maximum absolute atomic E-state index is 10.3. The molecule has 0 spiro atoms. The molecule has 1 aromatic carbocycles. The zero-order chi connectivity index (χ0) is 15.3. The highest BCUT2D eigenvalue weighted by atomic mass is 16.5. The van der Waals surface area contributed by atoms with Crippen LogP contribution in [0.2, 0.25) is 0 Å². The van der Waals surface area contributed by atoms with Gasteiger partial charge in [-0.15, -0.1) is 0 Å². The summed E-state index contributed by atoms with van der Waals surface area (Å²) in [7, 11) is 1.66. The number of ether oxygens (including phenoxy) is 1. The predicted octanol–water partition coefficient (Wildman–Crippen LogP) is 4.73. The van der Waals surface area contributed by atoms with E-state index in [9.17, 15) is 5.11 Å². The highest BCUT2D eigenvalue weighted by Crippen LogP contribution is 2.35. The number of methoxy groups -OCH3 is 1. The van der Waals surface area contributed by atoms with Crippen molar-refractivity contribution in [2.24, 2.45) is 0 Å². The number of hydrogen-bond donors (Lipinski definition) is 1. The van der Waals surface area contributed by atoms with Crippen molar-refractivity contribution in [3.63, 3.8) is 0 Å². The summed E-state index contributed by atoms with van der Waals surface area (Å²) >= 11 is 0. The molecule has 0 aliphatic rings. The van der Waals surface area contributed by atoms with Crippen molar-refractivity contribution in [3.8, 4) is 11.5 Å². The molecule has 0 aliphatic carbocycles. The van der Waals surface area contributed by atoms with Gasteiger partial charge < -0.3 is 9.84 Å². The Morgan fingerprint density at radius 2 is 1.55 bits per heavy atom. The van der Waals surface area contributed by atoms with Crippen LogP contribution >= 0.6 is 0 Å². The molecule has 0 saturated heterocycles. The number of benzene rings is 1. The summed E-state index contributed by atoms with van der Waals surface area (Å²) in [6, 6.07) is 2.06. The Morgan fingerprint density at radius 3 is 2.00 bits per heavy atom. The molecule has 1 N–H and O–H groups in total. The maximum atomic E-state index is 10.3. The Balaban J connectivity index is 3.27. The lowest BCUT2D eigenvalue weighted by Gasteiger charge is -2.15. The van der Waals surface area contributed by atoms with Crippen molar-refractivity contribution < 1.29 is 9.84 Å². The van der Waals surface area contributed by atoms with Gasteiger partial charge in [-0.3, -0.25) is 0 Å². The molecule has 0 amide bonds. The largest absolute Gasteiger partial charge is 0.507 e. The van der Waals surface area contributed by atoms with E-state index in [1.165, 1.54) is 11.1 Å². The van der Waals surface area contributed by atoms with E-state index in [1.54, 1.807) is 7.11 Å². The molecule has 20 heavy (non-hydrogen) atoms. The van der Waals surface area contributed by atoms with Gasteiger partial charge in [-0.25, -0.2) is 0 Å². The lowest BCUT2D eigenvalue weighted by molar-refractivity contribution is 0.397. The van der Waals surface area contributed by atoms with Gasteiger partial charge in [0.2, 0.25) is 0 Å². The SMILES string of the molecule is COc1c(CC=C(C)C)cc(CC=C(C)C)c(O)c1C. The zero-order valence-electron chi connectivity index (χ0n) is 13.5. The molecule has 0 radical (unpaired) electrons. The summed E-state index contributed by atoms with van der Waals surface area (Å²) in [4.78, 5) is 0. The van der Waals surface area contributed by atoms with Gasteiger partial charge in [0.15, 0.2) is 0 Å². The smallest absolute Gasteiger partial charge is 0.128 e. The number of aromatic hydroxyl groups is 1. The van der Waals surface area contributed by atoms with E-state index in [0.717, 1.165) is 35.3 Å². The van der Waals surface area contributed by atoms with Gasteiger partial charge in [0.05, 0.1) is 7.11 Å². The second-order valence-electron chi connectivity index (χ2n) is 5.67. The fraction of sp³-hybridized carbons (Fsp3) is 0.444. The summed E-state index contributed by atoms with van der Waals surface area (Å²) in [6.45, 7) is 10.2. The van der Waals surface area contributed by atoms with Gasteiger partial charge in [0, 0.05) is 5.56 Å². The summed E-state index contributed by atoms with van der Waals surface area (Å²) in [5.41, 5.74) is 5.44. The van der Waals surface area contributed by atoms with Gasteiger partial charge in [-0.05, 0) is 64.7 Å². The van der Waals surface area contributed by atoms with E-state index in [0.29, 0.717) is 5.75 Å². The van der Waals surface area contributed by atoms with Crippen molar-refractivity contribution in [2.45, 2.75) is 47.5 Å². The first-order valence-corrected chi connectivity index (χ1v) is 7.01. The fourth-order valence-electron chi connectivity index (χ4n) is 2.15. The van der Waals surface area contributed by atoms with Crippen LogP contribution < -0.4 is 4.74 Å². The highest BCUT2D eigenvalue weighted by molar-refractivity contribution is 5.54. The minimum Gasteiger partial charge on any atom is -0.507 e. The zero-order valence-corrected chi connectivity index (χ0v) is 13.5. The van der Waals surface area contributed by atoms with Gasteiger partial charge in [-0.1, -0.05) is 23.3 Å². The van der Waals surface area contributed by atoms with Gasteiger partial charge >= 0.3 is 0 Å². The van der Waals surface area contributed by atoms with Crippen LogP contribution in [0.5, 0.6) is 11.5 Å². The summed E-state index contributed by atoms with van der Waals surface area (Å²) < 4.78 is 5.47. The first-order chi connectivity index (χ1) is 9.36. The summed E-state index contributed by atoms with van der Waals surface area (Å²) in [5, 5.41) is 10.3. The van der Waals surface area contributed by atoms with Crippen LogP contribution in [0.25, 0.3) is 0 Å². The molecule has 0 atom stereocenters. The monoisotopic (exact) mass is 274 g/mol. The Kier molecular flexibility index (Phi) is 5.87. The van der Waals surface area contributed by atoms with Crippen molar-refractivity contribution in [1.82, 2.24) is 0 Å². The quantitative estimate of drug-likeness (QED) is 0.787. The predicted molar refractivity (Wildman–Crippen MR) is 85.7 cm³/mol. The number of rotatable bonds is 5.